The normalized spacial score (nSPS) is 22.1. The Hall–Kier alpha value is -4.30. The molecule has 0 saturated heterocycles. The van der Waals surface area contributed by atoms with Crippen molar-refractivity contribution in [1.82, 2.24) is 0 Å². The van der Waals surface area contributed by atoms with Crippen molar-refractivity contribution < 1.29 is 10.2 Å². The van der Waals surface area contributed by atoms with Crippen LogP contribution < -0.4 is 9.80 Å². The van der Waals surface area contributed by atoms with Crippen molar-refractivity contribution in [1.29, 1.82) is 10.5 Å². The van der Waals surface area contributed by atoms with Gasteiger partial charge in [0, 0.05) is 72.2 Å². The van der Waals surface area contributed by atoms with Crippen LogP contribution in [0.25, 0.3) is 0 Å². The number of rotatable bonds is 4. The lowest BCUT2D eigenvalue weighted by Crippen LogP contribution is -2.44. The van der Waals surface area contributed by atoms with Gasteiger partial charge in [-0.1, -0.05) is 55.4 Å². The van der Waals surface area contributed by atoms with E-state index in [4.69, 9.17) is 0 Å². The number of phenols is 2. The fraction of sp³-hybridized carbons (Fsp3) is 0.526. The van der Waals surface area contributed by atoms with Crippen LogP contribution in [0.5, 0.6) is 11.5 Å². The number of aliphatic imine (C=N–C) groups is 2. The number of benzene rings is 2. The van der Waals surface area contributed by atoms with Crippen LogP contribution >= 0.6 is 0 Å². The van der Waals surface area contributed by atoms with Gasteiger partial charge < -0.3 is 20.0 Å². The molecule has 0 amide bonds. The summed E-state index contributed by atoms with van der Waals surface area (Å²) < 4.78 is 0. The molecule has 240 valence electrons. The second kappa shape index (κ2) is 10.6. The highest BCUT2D eigenvalue weighted by atomic mass is 16.3. The summed E-state index contributed by atoms with van der Waals surface area (Å²) >= 11 is 0. The molecule has 0 unspecified atom stereocenters. The lowest BCUT2D eigenvalue weighted by Gasteiger charge is -2.48. The van der Waals surface area contributed by atoms with E-state index in [-0.39, 0.29) is 44.6 Å². The molecular weight excluding hydrogens is 572 g/mol. The van der Waals surface area contributed by atoms with Crippen LogP contribution in [-0.4, -0.2) is 48.8 Å². The third kappa shape index (κ3) is 4.94. The SMILES string of the molecule is CC1(C)CCN2CCC(C)(C)c3c(O)c(C=N/C(C#N)=C(/C#N)N=Cc4cc5c6c(c4O)C(C)(C)CCN6CCC5(C)C)cc1c32. The molecule has 0 spiro atoms. The molecule has 0 bridgehead atoms. The van der Waals surface area contributed by atoms with E-state index < -0.39 is 0 Å². The molecule has 2 N–H and O–H groups in total. The van der Waals surface area contributed by atoms with E-state index in [1.54, 1.807) is 0 Å². The summed E-state index contributed by atoms with van der Waals surface area (Å²) in [7, 11) is 0. The Balaban J connectivity index is 1.43. The summed E-state index contributed by atoms with van der Waals surface area (Å²) in [6, 6.07) is 8.04. The average molecular weight is 619 g/mol. The highest BCUT2D eigenvalue weighted by molar-refractivity contribution is 5.91. The average Bonchev–Trinajstić information content (AvgIpc) is 2.98. The molecule has 4 aliphatic rings. The Labute approximate surface area is 273 Å². The molecule has 0 atom stereocenters. The number of hydrogen-bond acceptors (Lipinski definition) is 8. The molecule has 4 aliphatic heterocycles. The zero-order valence-corrected chi connectivity index (χ0v) is 28.5. The van der Waals surface area contributed by atoms with Crippen LogP contribution in [0.3, 0.4) is 0 Å². The summed E-state index contributed by atoms with van der Waals surface area (Å²) in [6.45, 7) is 21.4. The van der Waals surface area contributed by atoms with E-state index >= 15 is 0 Å². The first-order valence-corrected chi connectivity index (χ1v) is 16.5. The minimum absolute atomic E-state index is 0.0866. The van der Waals surface area contributed by atoms with Crippen LogP contribution in [0.4, 0.5) is 11.4 Å². The van der Waals surface area contributed by atoms with Gasteiger partial charge in [-0.15, -0.1) is 0 Å². The summed E-state index contributed by atoms with van der Waals surface area (Å²) in [6.07, 6.45) is 6.82. The molecule has 4 heterocycles. The van der Waals surface area contributed by atoms with Crippen LogP contribution in [0.1, 0.15) is 114 Å². The van der Waals surface area contributed by atoms with E-state index in [2.05, 4.69) is 75.2 Å². The van der Waals surface area contributed by atoms with Crippen molar-refractivity contribution in [3.05, 3.63) is 56.9 Å². The molecule has 0 saturated carbocycles. The Morgan fingerprint density at radius 1 is 0.630 bits per heavy atom. The van der Waals surface area contributed by atoms with Crippen LogP contribution in [0.2, 0.25) is 0 Å². The second-order valence-corrected chi connectivity index (χ2v) is 16.1. The van der Waals surface area contributed by atoms with E-state index in [0.717, 1.165) is 85.5 Å². The smallest absolute Gasteiger partial charge is 0.176 e. The van der Waals surface area contributed by atoms with Gasteiger partial charge in [-0.3, -0.25) is 0 Å². The second-order valence-electron chi connectivity index (χ2n) is 16.1. The van der Waals surface area contributed by atoms with E-state index in [1.165, 1.54) is 12.4 Å². The van der Waals surface area contributed by atoms with Gasteiger partial charge in [-0.25, -0.2) is 9.98 Å². The molecule has 6 rings (SSSR count). The van der Waals surface area contributed by atoms with Gasteiger partial charge in [0.15, 0.2) is 11.4 Å². The molecule has 8 heteroatoms. The highest BCUT2D eigenvalue weighted by Crippen LogP contribution is 2.54. The first kappa shape index (κ1) is 31.7. The maximum Gasteiger partial charge on any atom is 0.176 e. The first-order chi connectivity index (χ1) is 21.5. The Morgan fingerprint density at radius 3 is 1.28 bits per heavy atom. The Morgan fingerprint density at radius 2 is 0.957 bits per heavy atom. The van der Waals surface area contributed by atoms with Gasteiger partial charge in [0.2, 0.25) is 0 Å². The molecule has 2 aromatic rings. The largest absolute Gasteiger partial charge is 0.507 e. The van der Waals surface area contributed by atoms with Crippen molar-refractivity contribution in [3.63, 3.8) is 0 Å². The van der Waals surface area contributed by atoms with Crippen molar-refractivity contribution in [2.45, 2.75) is 103 Å². The maximum atomic E-state index is 11.6. The Kier molecular flexibility index (Phi) is 7.32. The van der Waals surface area contributed by atoms with E-state index in [1.807, 2.05) is 24.3 Å². The van der Waals surface area contributed by atoms with Crippen LogP contribution in [-0.2, 0) is 21.7 Å². The number of nitriles is 2. The fourth-order valence-corrected chi connectivity index (χ4v) is 7.94. The fourth-order valence-electron chi connectivity index (χ4n) is 7.94. The van der Waals surface area contributed by atoms with Crippen LogP contribution in [0, 0.1) is 22.7 Å². The number of phenolic OH excluding ortho intramolecular Hbond substituents is 2. The molecule has 46 heavy (non-hydrogen) atoms. The lowest BCUT2D eigenvalue weighted by atomic mass is 9.69. The number of aromatic hydroxyl groups is 2. The summed E-state index contributed by atoms with van der Waals surface area (Å²) in [5, 5.41) is 43.3. The van der Waals surface area contributed by atoms with Crippen molar-refractivity contribution in [3.8, 4) is 23.6 Å². The molecule has 8 nitrogen and oxygen atoms in total. The number of anilines is 2. The summed E-state index contributed by atoms with van der Waals surface area (Å²) in [4.78, 5) is 13.6. The molecule has 0 fully saturated rings. The minimum atomic E-state index is -0.228. The third-order valence-electron chi connectivity index (χ3n) is 11.2. The van der Waals surface area contributed by atoms with Gasteiger partial charge in [-0.05, 0) is 70.6 Å². The van der Waals surface area contributed by atoms with Gasteiger partial charge >= 0.3 is 0 Å². The monoisotopic (exact) mass is 618 g/mol. The van der Waals surface area contributed by atoms with Crippen molar-refractivity contribution >= 4 is 23.8 Å². The summed E-state index contributed by atoms with van der Waals surface area (Å²) in [5.41, 5.74) is 6.52. The number of hydrogen-bond donors (Lipinski definition) is 2. The van der Waals surface area contributed by atoms with Gasteiger partial charge in [-0.2, -0.15) is 10.5 Å². The van der Waals surface area contributed by atoms with Crippen molar-refractivity contribution in [2.24, 2.45) is 9.98 Å². The highest BCUT2D eigenvalue weighted by Gasteiger charge is 2.43. The Bertz CT molecular complexity index is 1680. The zero-order chi connectivity index (χ0) is 33.4. The molecule has 0 radical (unpaired) electrons. The topological polar surface area (TPSA) is 119 Å². The van der Waals surface area contributed by atoms with E-state index in [0.29, 0.717) is 11.1 Å². The number of allylic oxidation sites excluding steroid dienone is 2. The predicted octanol–water partition coefficient (Wildman–Crippen LogP) is 7.23. The van der Waals surface area contributed by atoms with Gasteiger partial charge in [0.05, 0.1) is 0 Å². The standard InChI is InChI=1S/C38H46N6O2/c1-35(2)9-13-43-15-11-37(5,6)29-31(43)25(35)17-23(33(29)45)21-41-27(19-39)28(20-40)42-22-24-18-26-32-30(34(24)46)38(7,8)12-16-44(32)14-10-36(26,3)4/h17-18,21-22,45-46H,9-16H2,1-8H3/b28-27-,41-21?,42-22?. The van der Waals surface area contributed by atoms with Crippen molar-refractivity contribution in [2.75, 3.05) is 36.0 Å². The quantitative estimate of drug-likeness (QED) is 0.276. The maximum absolute atomic E-state index is 11.6. The third-order valence-corrected chi connectivity index (χ3v) is 11.2. The minimum Gasteiger partial charge on any atom is -0.507 e. The molecule has 0 aromatic heterocycles. The number of nitrogens with zero attached hydrogens (tertiary/aromatic N) is 6. The summed E-state index contributed by atoms with van der Waals surface area (Å²) in [5.74, 6) is 0.336. The zero-order valence-electron chi connectivity index (χ0n) is 28.5. The lowest BCUT2D eigenvalue weighted by molar-refractivity contribution is 0.377. The molecular formula is C38H46N6O2. The molecule has 0 aliphatic carbocycles. The van der Waals surface area contributed by atoms with Crippen LogP contribution in [0.15, 0.2) is 33.5 Å². The molecule has 2 aromatic carbocycles. The van der Waals surface area contributed by atoms with E-state index in [9.17, 15) is 20.7 Å². The first-order valence-electron chi connectivity index (χ1n) is 16.5. The predicted molar refractivity (Wildman–Crippen MR) is 185 cm³/mol. The van der Waals surface area contributed by atoms with Gasteiger partial charge in [0.1, 0.15) is 23.6 Å². The van der Waals surface area contributed by atoms with Gasteiger partial charge in [0.25, 0.3) is 0 Å².